The van der Waals surface area contributed by atoms with Gasteiger partial charge in [-0.05, 0) is 12.0 Å². The second-order valence-electron chi connectivity index (χ2n) is 5.13. The summed E-state index contributed by atoms with van der Waals surface area (Å²) in [4.78, 5) is 7.57. The van der Waals surface area contributed by atoms with E-state index in [4.69, 9.17) is 0 Å². The van der Waals surface area contributed by atoms with Crippen molar-refractivity contribution in [3.8, 4) is 6.07 Å². The molecular formula is C16H17N3OS. The van der Waals surface area contributed by atoms with Crippen LogP contribution in [0, 0.1) is 11.3 Å². The van der Waals surface area contributed by atoms with Crippen LogP contribution in [0.1, 0.15) is 23.3 Å². The van der Waals surface area contributed by atoms with Crippen LogP contribution in [0.4, 0.5) is 5.13 Å². The van der Waals surface area contributed by atoms with Gasteiger partial charge in [-0.1, -0.05) is 37.3 Å². The maximum Gasteiger partial charge on any atom is 0.186 e. The Morgan fingerprint density at radius 2 is 2.14 bits per heavy atom. The molecule has 1 saturated heterocycles. The van der Waals surface area contributed by atoms with Crippen molar-refractivity contribution in [2.24, 2.45) is 0 Å². The van der Waals surface area contributed by atoms with E-state index in [0.717, 1.165) is 17.1 Å². The number of nitrogens with zero attached hydrogens (tertiary/aromatic N) is 3. The minimum Gasteiger partial charge on any atom is -0.394 e. The molecule has 1 aliphatic rings. The number of aliphatic hydroxyl groups excluding tert-OH is 1. The summed E-state index contributed by atoms with van der Waals surface area (Å²) >= 11 is 1.60. The zero-order valence-electron chi connectivity index (χ0n) is 11.8. The van der Waals surface area contributed by atoms with Crippen molar-refractivity contribution < 1.29 is 5.11 Å². The van der Waals surface area contributed by atoms with Gasteiger partial charge in [-0.3, -0.25) is 0 Å². The Morgan fingerprint density at radius 3 is 2.71 bits per heavy atom. The number of benzene rings is 1. The summed E-state index contributed by atoms with van der Waals surface area (Å²) in [6.45, 7) is 2.12. The second-order valence-corrected chi connectivity index (χ2v) is 6.22. The summed E-state index contributed by atoms with van der Waals surface area (Å²) in [5.41, 5.74) is 1.10. The molecule has 1 aromatic heterocycles. The minimum absolute atomic E-state index is 0.0266. The summed E-state index contributed by atoms with van der Waals surface area (Å²) in [5, 5.41) is 20.1. The Labute approximate surface area is 128 Å². The molecule has 1 aromatic carbocycles. The number of aromatic nitrogens is 1. The van der Waals surface area contributed by atoms with E-state index in [1.807, 2.05) is 41.4 Å². The highest BCUT2D eigenvalue weighted by molar-refractivity contribution is 7.15. The fraction of sp³-hybridized carbons (Fsp3) is 0.375. The van der Waals surface area contributed by atoms with E-state index in [2.05, 4.69) is 18.0 Å². The molecule has 3 rings (SSSR count). The molecule has 108 valence electrons. The number of aliphatic hydroxyl groups is 1. The van der Waals surface area contributed by atoms with Crippen molar-refractivity contribution in [2.45, 2.75) is 31.3 Å². The predicted octanol–water partition coefficient (Wildman–Crippen LogP) is 2.56. The lowest BCUT2D eigenvalue weighted by Crippen LogP contribution is -2.63. The lowest BCUT2D eigenvalue weighted by atomic mass is 9.76. The van der Waals surface area contributed by atoms with Crippen LogP contribution in [-0.2, 0) is 6.42 Å². The highest BCUT2D eigenvalue weighted by Crippen LogP contribution is 2.44. The summed E-state index contributed by atoms with van der Waals surface area (Å²) < 4.78 is 0. The fourth-order valence-electron chi connectivity index (χ4n) is 2.93. The van der Waals surface area contributed by atoms with Gasteiger partial charge >= 0.3 is 0 Å². The summed E-state index contributed by atoms with van der Waals surface area (Å²) in [6.07, 6.45) is 2.80. The molecule has 1 aliphatic heterocycles. The quantitative estimate of drug-likeness (QED) is 0.942. The van der Waals surface area contributed by atoms with Gasteiger partial charge in [0.1, 0.15) is 6.04 Å². The zero-order valence-corrected chi connectivity index (χ0v) is 12.6. The third-order valence-corrected chi connectivity index (χ3v) is 5.18. The number of thiazole rings is 1. The van der Waals surface area contributed by atoms with Gasteiger partial charge in [0.15, 0.2) is 5.13 Å². The van der Waals surface area contributed by atoms with Crippen molar-refractivity contribution in [3.63, 3.8) is 0 Å². The molecule has 21 heavy (non-hydrogen) atoms. The first-order valence-corrected chi connectivity index (χ1v) is 7.90. The molecule has 4 nitrogen and oxygen atoms in total. The number of anilines is 1. The Hall–Kier alpha value is -1.90. The SMILES string of the molecule is CCc1cnc(N2[C@@H](C#N)[C@@H](c3ccccc3)[C@@H]2CO)s1. The molecule has 0 unspecified atom stereocenters. The Morgan fingerprint density at radius 1 is 1.38 bits per heavy atom. The number of nitriles is 1. The number of aryl methyl sites for hydroxylation is 1. The van der Waals surface area contributed by atoms with Gasteiger partial charge in [-0.2, -0.15) is 5.26 Å². The van der Waals surface area contributed by atoms with E-state index in [0.29, 0.717) is 0 Å². The molecular weight excluding hydrogens is 282 g/mol. The van der Waals surface area contributed by atoms with Gasteiger partial charge in [-0.15, -0.1) is 11.3 Å². The standard InChI is InChI=1S/C16H17N3OS/c1-2-12-9-18-16(21-12)19-13(8-17)15(14(19)10-20)11-6-4-3-5-7-11/h3-7,9,13-15,20H,2,10H2,1H3/t13-,14-,15+/m0/s1. The van der Waals surface area contributed by atoms with Gasteiger partial charge in [0.2, 0.25) is 0 Å². The normalized spacial score (nSPS) is 24.4. The average molecular weight is 299 g/mol. The fourth-order valence-corrected chi connectivity index (χ4v) is 3.87. The third-order valence-electron chi connectivity index (χ3n) is 4.03. The van der Waals surface area contributed by atoms with Crippen molar-refractivity contribution in [3.05, 3.63) is 47.0 Å². The van der Waals surface area contributed by atoms with Crippen LogP contribution in [0.15, 0.2) is 36.5 Å². The van der Waals surface area contributed by atoms with Crippen LogP contribution in [0.25, 0.3) is 0 Å². The van der Waals surface area contributed by atoms with E-state index in [1.54, 1.807) is 11.3 Å². The molecule has 1 N–H and O–H groups in total. The Kier molecular flexibility index (Phi) is 3.91. The summed E-state index contributed by atoms with van der Waals surface area (Å²) in [6, 6.07) is 12.0. The van der Waals surface area contributed by atoms with E-state index in [1.165, 1.54) is 4.88 Å². The van der Waals surface area contributed by atoms with E-state index in [-0.39, 0.29) is 24.6 Å². The molecule has 0 radical (unpaired) electrons. The first-order valence-electron chi connectivity index (χ1n) is 7.08. The maximum atomic E-state index is 9.75. The Bertz CT molecular complexity index is 649. The lowest BCUT2D eigenvalue weighted by Gasteiger charge is -2.51. The first-order chi connectivity index (χ1) is 10.3. The van der Waals surface area contributed by atoms with Gasteiger partial charge in [0.05, 0.1) is 18.7 Å². The lowest BCUT2D eigenvalue weighted by molar-refractivity contribution is 0.187. The van der Waals surface area contributed by atoms with Crippen LogP contribution in [0.5, 0.6) is 0 Å². The van der Waals surface area contributed by atoms with Crippen molar-refractivity contribution in [1.29, 1.82) is 5.26 Å². The molecule has 0 amide bonds. The van der Waals surface area contributed by atoms with Crippen LogP contribution in [-0.4, -0.2) is 28.8 Å². The predicted molar refractivity (Wildman–Crippen MR) is 83.4 cm³/mol. The number of rotatable bonds is 4. The zero-order chi connectivity index (χ0) is 14.8. The van der Waals surface area contributed by atoms with Crippen LogP contribution >= 0.6 is 11.3 Å². The van der Waals surface area contributed by atoms with Gasteiger partial charge in [0, 0.05) is 17.0 Å². The van der Waals surface area contributed by atoms with Crippen LogP contribution < -0.4 is 4.90 Å². The van der Waals surface area contributed by atoms with Crippen molar-refractivity contribution >= 4 is 16.5 Å². The maximum absolute atomic E-state index is 9.75. The third kappa shape index (κ3) is 2.31. The molecule has 0 spiro atoms. The molecule has 2 aromatic rings. The van der Waals surface area contributed by atoms with Crippen molar-refractivity contribution in [1.82, 2.24) is 4.98 Å². The average Bonchev–Trinajstić information content (AvgIpc) is 2.96. The number of hydrogen-bond acceptors (Lipinski definition) is 5. The van der Waals surface area contributed by atoms with Gasteiger partial charge in [0.25, 0.3) is 0 Å². The van der Waals surface area contributed by atoms with Crippen molar-refractivity contribution in [2.75, 3.05) is 11.5 Å². The molecule has 2 heterocycles. The summed E-state index contributed by atoms with van der Waals surface area (Å²) in [7, 11) is 0. The topological polar surface area (TPSA) is 60.2 Å². The molecule has 3 atom stereocenters. The molecule has 0 bridgehead atoms. The monoisotopic (exact) mass is 299 g/mol. The molecule has 1 fully saturated rings. The molecule has 5 heteroatoms. The van der Waals surface area contributed by atoms with Crippen LogP contribution in [0.2, 0.25) is 0 Å². The van der Waals surface area contributed by atoms with E-state index in [9.17, 15) is 10.4 Å². The first kappa shape index (κ1) is 14.1. The highest BCUT2D eigenvalue weighted by atomic mass is 32.1. The van der Waals surface area contributed by atoms with E-state index >= 15 is 0 Å². The smallest absolute Gasteiger partial charge is 0.186 e. The Balaban J connectivity index is 1.91. The number of hydrogen-bond donors (Lipinski definition) is 1. The van der Waals surface area contributed by atoms with E-state index < -0.39 is 0 Å². The molecule has 0 aliphatic carbocycles. The van der Waals surface area contributed by atoms with Gasteiger partial charge in [-0.25, -0.2) is 4.98 Å². The molecule has 0 saturated carbocycles. The second kappa shape index (κ2) is 5.84. The van der Waals surface area contributed by atoms with Gasteiger partial charge < -0.3 is 10.0 Å². The van der Waals surface area contributed by atoms with Crippen LogP contribution in [0.3, 0.4) is 0 Å². The summed E-state index contributed by atoms with van der Waals surface area (Å²) in [5.74, 6) is 0.0372. The highest BCUT2D eigenvalue weighted by Gasteiger charge is 2.50. The minimum atomic E-state index is -0.264. The largest absolute Gasteiger partial charge is 0.394 e.